The summed E-state index contributed by atoms with van der Waals surface area (Å²) in [5.74, 6) is 0. The lowest BCUT2D eigenvalue weighted by molar-refractivity contribution is 0.00398. The first-order valence-corrected chi connectivity index (χ1v) is 6.11. The van der Waals surface area contributed by atoms with Crippen LogP contribution in [-0.4, -0.2) is 29.5 Å². The first-order chi connectivity index (χ1) is 7.79. The van der Waals surface area contributed by atoms with E-state index in [2.05, 4.69) is 23.5 Å². The Balaban J connectivity index is 1.91. The molecule has 0 saturated carbocycles. The van der Waals surface area contributed by atoms with Crippen LogP contribution in [0.25, 0.3) is 0 Å². The molecule has 1 fully saturated rings. The molecule has 0 aromatic carbocycles. The van der Waals surface area contributed by atoms with Crippen molar-refractivity contribution in [3.05, 3.63) is 18.0 Å². The van der Waals surface area contributed by atoms with Crippen LogP contribution < -0.4 is 5.32 Å². The fourth-order valence-corrected chi connectivity index (χ4v) is 2.03. The Hall–Kier alpha value is -0.870. The molecule has 2 atom stereocenters. The Morgan fingerprint density at radius 2 is 2.50 bits per heavy atom. The third-order valence-corrected chi connectivity index (χ3v) is 3.25. The maximum atomic E-state index is 5.70. The summed E-state index contributed by atoms with van der Waals surface area (Å²) in [6, 6.07) is 0.362. The van der Waals surface area contributed by atoms with Crippen molar-refractivity contribution in [2.24, 2.45) is 0 Å². The predicted octanol–water partition coefficient (Wildman–Crippen LogP) is 1.73. The highest BCUT2D eigenvalue weighted by Crippen LogP contribution is 2.15. The van der Waals surface area contributed by atoms with Crippen LogP contribution in [0.1, 0.15) is 37.8 Å². The van der Waals surface area contributed by atoms with E-state index in [4.69, 9.17) is 4.74 Å². The third kappa shape index (κ3) is 2.83. The Bertz CT molecular complexity index is 318. The highest BCUT2D eigenvalue weighted by atomic mass is 16.5. The average molecular weight is 223 g/mol. The molecule has 16 heavy (non-hydrogen) atoms. The van der Waals surface area contributed by atoms with Crippen LogP contribution in [0.2, 0.25) is 0 Å². The van der Waals surface area contributed by atoms with Crippen molar-refractivity contribution in [3.8, 4) is 0 Å². The normalized spacial score (nSPS) is 23.2. The van der Waals surface area contributed by atoms with E-state index in [0.29, 0.717) is 12.1 Å². The van der Waals surface area contributed by atoms with Gasteiger partial charge in [0.1, 0.15) is 0 Å². The molecule has 1 aromatic rings. The Labute approximate surface area is 97.0 Å². The molecule has 0 aliphatic carbocycles. The van der Waals surface area contributed by atoms with Gasteiger partial charge in [0.15, 0.2) is 0 Å². The fourth-order valence-electron chi connectivity index (χ4n) is 2.03. The molecule has 0 spiro atoms. The van der Waals surface area contributed by atoms with Gasteiger partial charge < -0.3 is 10.1 Å². The number of hydrogen-bond acceptors (Lipinski definition) is 3. The molecule has 90 valence electrons. The van der Waals surface area contributed by atoms with Crippen molar-refractivity contribution in [1.82, 2.24) is 15.1 Å². The predicted molar refractivity (Wildman–Crippen MR) is 63.3 cm³/mol. The van der Waals surface area contributed by atoms with Gasteiger partial charge in [0.05, 0.1) is 18.8 Å². The van der Waals surface area contributed by atoms with E-state index < -0.39 is 0 Å². The van der Waals surface area contributed by atoms with Crippen LogP contribution in [-0.2, 0) is 11.3 Å². The molecule has 1 N–H and O–H groups in total. The molecule has 2 unspecified atom stereocenters. The summed E-state index contributed by atoms with van der Waals surface area (Å²) < 4.78 is 7.70. The SMILES string of the molecule is CNC(C)c1cnn(CC2CCCCO2)c1. The largest absolute Gasteiger partial charge is 0.376 e. The van der Waals surface area contributed by atoms with Gasteiger partial charge in [-0.3, -0.25) is 4.68 Å². The molecule has 2 heterocycles. The highest BCUT2D eigenvalue weighted by Gasteiger charge is 2.15. The third-order valence-electron chi connectivity index (χ3n) is 3.25. The highest BCUT2D eigenvalue weighted by molar-refractivity contribution is 5.08. The van der Waals surface area contributed by atoms with E-state index in [-0.39, 0.29) is 0 Å². The van der Waals surface area contributed by atoms with E-state index >= 15 is 0 Å². The van der Waals surface area contributed by atoms with Crippen molar-refractivity contribution in [2.45, 2.75) is 44.9 Å². The number of ether oxygens (including phenoxy) is 1. The van der Waals surface area contributed by atoms with Gasteiger partial charge in [0.25, 0.3) is 0 Å². The van der Waals surface area contributed by atoms with Gasteiger partial charge >= 0.3 is 0 Å². The van der Waals surface area contributed by atoms with Crippen LogP contribution in [0.15, 0.2) is 12.4 Å². The molecule has 0 amide bonds. The monoisotopic (exact) mass is 223 g/mol. The second-order valence-electron chi connectivity index (χ2n) is 4.49. The van der Waals surface area contributed by atoms with Crippen molar-refractivity contribution < 1.29 is 4.74 Å². The summed E-state index contributed by atoms with van der Waals surface area (Å²) in [5.41, 5.74) is 1.23. The van der Waals surface area contributed by atoms with Crippen molar-refractivity contribution >= 4 is 0 Å². The zero-order chi connectivity index (χ0) is 11.4. The Morgan fingerprint density at radius 3 is 3.19 bits per heavy atom. The smallest absolute Gasteiger partial charge is 0.0770 e. The second kappa shape index (κ2) is 5.46. The van der Waals surface area contributed by atoms with E-state index in [1.807, 2.05) is 17.9 Å². The Morgan fingerprint density at radius 1 is 1.62 bits per heavy atom. The van der Waals surface area contributed by atoms with Crippen LogP contribution in [0.4, 0.5) is 0 Å². The first kappa shape index (κ1) is 11.6. The van der Waals surface area contributed by atoms with Crippen molar-refractivity contribution in [3.63, 3.8) is 0 Å². The molecule has 4 nitrogen and oxygen atoms in total. The lowest BCUT2D eigenvalue weighted by Crippen LogP contribution is -2.24. The lowest BCUT2D eigenvalue weighted by atomic mass is 10.1. The Kier molecular flexibility index (Phi) is 3.96. The summed E-state index contributed by atoms with van der Waals surface area (Å²) in [6.07, 6.45) is 8.05. The van der Waals surface area contributed by atoms with Gasteiger partial charge in [-0.05, 0) is 33.2 Å². The number of nitrogens with one attached hydrogen (secondary N) is 1. The second-order valence-corrected chi connectivity index (χ2v) is 4.49. The van der Waals surface area contributed by atoms with Crippen LogP contribution in [0.3, 0.4) is 0 Å². The molecule has 0 bridgehead atoms. The van der Waals surface area contributed by atoms with Crippen molar-refractivity contribution in [1.29, 1.82) is 0 Å². The summed E-state index contributed by atoms with van der Waals surface area (Å²) in [7, 11) is 1.96. The molecule has 1 aliphatic heterocycles. The van der Waals surface area contributed by atoms with Crippen LogP contribution >= 0.6 is 0 Å². The summed E-state index contributed by atoms with van der Waals surface area (Å²) in [6.45, 7) is 3.93. The minimum Gasteiger partial charge on any atom is -0.376 e. The van der Waals surface area contributed by atoms with Gasteiger partial charge in [0, 0.05) is 24.4 Å². The molecule has 1 saturated heterocycles. The summed E-state index contributed by atoms with van der Waals surface area (Å²) >= 11 is 0. The molecular weight excluding hydrogens is 202 g/mol. The van der Waals surface area contributed by atoms with Gasteiger partial charge in [-0.25, -0.2) is 0 Å². The standard InChI is InChI=1S/C12H21N3O/c1-10(13-2)11-7-14-15(8-11)9-12-5-3-4-6-16-12/h7-8,10,12-13H,3-6,9H2,1-2H3. The maximum absolute atomic E-state index is 5.70. The molecular formula is C12H21N3O. The van der Waals surface area contributed by atoms with Gasteiger partial charge in [-0.1, -0.05) is 0 Å². The first-order valence-electron chi connectivity index (χ1n) is 6.11. The molecule has 0 radical (unpaired) electrons. The summed E-state index contributed by atoms with van der Waals surface area (Å²) in [5, 5.41) is 7.59. The van der Waals surface area contributed by atoms with E-state index in [9.17, 15) is 0 Å². The van der Waals surface area contributed by atoms with Crippen LogP contribution in [0.5, 0.6) is 0 Å². The van der Waals surface area contributed by atoms with Crippen LogP contribution in [0, 0.1) is 0 Å². The van der Waals surface area contributed by atoms with E-state index in [1.165, 1.54) is 18.4 Å². The fraction of sp³-hybridized carbons (Fsp3) is 0.750. The number of rotatable bonds is 4. The minimum atomic E-state index is 0.353. The maximum Gasteiger partial charge on any atom is 0.0770 e. The molecule has 1 aliphatic rings. The topological polar surface area (TPSA) is 39.1 Å². The van der Waals surface area contributed by atoms with Crippen molar-refractivity contribution in [2.75, 3.05) is 13.7 Å². The van der Waals surface area contributed by atoms with Gasteiger partial charge in [0.2, 0.25) is 0 Å². The number of hydrogen-bond donors (Lipinski definition) is 1. The zero-order valence-corrected chi connectivity index (χ0v) is 10.1. The van der Waals surface area contributed by atoms with E-state index in [1.54, 1.807) is 0 Å². The molecule has 1 aromatic heterocycles. The number of nitrogens with zero attached hydrogens (tertiary/aromatic N) is 2. The van der Waals surface area contributed by atoms with Gasteiger partial charge in [-0.2, -0.15) is 5.10 Å². The molecule has 4 heteroatoms. The minimum absolute atomic E-state index is 0.353. The zero-order valence-electron chi connectivity index (χ0n) is 10.1. The summed E-state index contributed by atoms with van der Waals surface area (Å²) in [4.78, 5) is 0. The van der Waals surface area contributed by atoms with Gasteiger partial charge in [-0.15, -0.1) is 0 Å². The average Bonchev–Trinajstić information content (AvgIpc) is 2.78. The molecule has 2 rings (SSSR count). The van der Waals surface area contributed by atoms with E-state index in [0.717, 1.165) is 19.6 Å². The lowest BCUT2D eigenvalue weighted by Gasteiger charge is -2.22. The number of aromatic nitrogens is 2. The quantitative estimate of drug-likeness (QED) is 0.845.